The van der Waals surface area contributed by atoms with E-state index in [9.17, 15) is 4.79 Å². The number of ketones is 1. The number of hydrogen-bond donors (Lipinski definition) is 0. The summed E-state index contributed by atoms with van der Waals surface area (Å²) in [7, 11) is 0. The molecule has 1 aromatic rings. The van der Waals surface area contributed by atoms with Gasteiger partial charge in [-0.1, -0.05) is 43.6 Å². The normalized spacial score (nSPS) is 20.3. The monoisotopic (exact) mass is 310 g/mol. The molecule has 1 aromatic heterocycles. The lowest BCUT2D eigenvalue weighted by atomic mass is 9.67. The van der Waals surface area contributed by atoms with E-state index in [4.69, 9.17) is 0 Å². The molecule has 1 aliphatic rings. The van der Waals surface area contributed by atoms with Crippen molar-refractivity contribution in [1.29, 1.82) is 0 Å². The highest BCUT2D eigenvalue weighted by Gasteiger charge is 2.39. The van der Waals surface area contributed by atoms with Gasteiger partial charge in [0.2, 0.25) is 0 Å². The number of halogens is 1. The van der Waals surface area contributed by atoms with E-state index in [0.717, 1.165) is 24.2 Å². The molecule has 0 amide bonds. The van der Waals surface area contributed by atoms with Gasteiger partial charge in [0.25, 0.3) is 0 Å². The van der Waals surface area contributed by atoms with Crippen LogP contribution in [0.25, 0.3) is 0 Å². The molecule has 0 spiro atoms. The van der Waals surface area contributed by atoms with Gasteiger partial charge in [-0.15, -0.1) is 0 Å². The maximum absolute atomic E-state index is 11.7. The van der Waals surface area contributed by atoms with Crippen LogP contribution < -0.4 is 0 Å². The van der Waals surface area contributed by atoms with Gasteiger partial charge in [-0.05, 0) is 12.8 Å². The molecular formula is C14H19BrN2O. The van der Waals surface area contributed by atoms with E-state index in [1.165, 1.54) is 0 Å². The Morgan fingerprint density at radius 1 is 1.22 bits per heavy atom. The minimum absolute atomic E-state index is 0.000453. The molecule has 0 saturated carbocycles. The summed E-state index contributed by atoms with van der Waals surface area (Å²) >= 11 is 3.18. The highest BCUT2D eigenvalue weighted by Crippen LogP contribution is 2.43. The van der Waals surface area contributed by atoms with Crippen LogP contribution in [0.5, 0.6) is 0 Å². The van der Waals surface area contributed by atoms with Crippen molar-refractivity contribution in [1.82, 2.24) is 9.97 Å². The number of Topliss-reactive ketones (excluding diaryl/α,β-unsaturated/α-hetero) is 1. The topological polar surface area (TPSA) is 42.9 Å². The first kappa shape index (κ1) is 13.7. The second-order valence-electron chi connectivity index (χ2n) is 6.28. The molecule has 1 aliphatic carbocycles. The predicted molar refractivity (Wildman–Crippen MR) is 75.4 cm³/mol. The highest BCUT2D eigenvalue weighted by atomic mass is 79.9. The number of carbonyl (C=O) groups is 1. The molecule has 0 N–H and O–H groups in total. The third-order valence-electron chi connectivity index (χ3n) is 3.84. The predicted octanol–water partition coefficient (Wildman–Crippen LogP) is 3.40. The number of hydrogen-bond acceptors (Lipinski definition) is 3. The van der Waals surface area contributed by atoms with Gasteiger partial charge in [0, 0.05) is 10.8 Å². The number of alkyl halides is 1. The fraction of sp³-hybridized carbons (Fsp3) is 0.643. The number of fused-ring (bicyclic) bond motifs is 1. The Morgan fingerprint density at radius 2 is 1.78 bits per heavy atom. The second-order valence-corrected chi connectivity index (χ2v) is 6.84. The smallest absolute Gasteiger partial charge is 0.193 e. The van der Waals surface area contributed by atoms with Gasteiger partial charge in [-0.2, -0.15) is 0 Å². The van der Waals surface area contributed by atoms with E-state index in [1.807, 2.05) is 0 Å². The van der Waals surface area contributed by atoms with Crippen molar-refractivity contribution in [3.63, 3.8) is 0 Å². The van der Waals surface area contributed by atoms with Crippen LogP contribution in [0, 0.1) is 0 Å². The molecule has 18 heavy (non-hydrogen) atoms. The Bertz CT molecular complexity index is 495. The Labute approximate surface area is 117 Å². The SMILES string of the molecule is CC1(C)CCC(C)(C)c2nc(C(=O)CBr)cnc21. The van der Waals surface area contributed by atoms with Crippen molar-refractivity contribution in [2.24, 2.45) is 0 Å². The number of carbonyl (C=O) groups excluding carboxylic acids is 1. The van der Waals surface area contributed by atoms with Crippen LogP contribution in [0.4, 0.5) is 0 Å². The molecule has 0 unspecified atom stereocenters. The summed E-state index contributed by atoms with van der Waals surface area (Å²) in [5, 5.41) is 0.296. The summed E-state index contributed by atoms with van der Waals surface area (Å²) in [6.07, 6.45) is 3.80. The molecule has 98 valence electrons. The van der Waals surface area contributed by atoms with Crippen molar-refractivity contribution in [2.75, 3.05) is 5.33 Å². The average Bonchev–Trinajstić information content (AvgIpc) is 2.34. The number of aromatic nitrogens is 2. The molecule has 0 radical (unpaired) electrons. The zero-order valence-electron chi connectivity index (χ0n) is 11.4. The molecule has 0 aliphatic heterocycles. The largest absolute Gasteiger partial charge is 0.291 e. The third kappa shape index (κ3) is 2.22. The van der Waals surface area contributed by atoms with Crippen LogP contribution in [-0.2, 0) is 10.8 Å². The van der Waals surface area contributed by atoms with Gasteiger partial charge in [0.1, 0.15) is 5.69 Å². The summed E-state index contributed by atoms with van der Waals surface area (Å²) in [4.78, 5) is 20.8. The molecule has 3 nitrogen and oxygen atoms in total. The summed E-state index contributed by atoms with van der Waals surface area (Å²) in [5.41, 5.74) is 2.56. The minimum atomic E-state index is -0.00974. The van der Waals surface area contributed by atoms with E-state index >= 15 is 0 Å². The molecule has 0 aromatic carbocycles. The van der Waals surface area contributed by atoms with Gasteiger partial charge in [0.15, 0.2) is 5.78 Å². The summed E-state index contributed by atoms with van der Waals surface area (Å²) in [6.45, 7) is 8.75. The molecule has 2 rings (SSSR count). The van der Waals surface area contributed by atoms with E-state index in [-0.39, 0.29) is 16.6 Å². The van der Waals surface area contributed by atoms with Crippen molar-refractivity contribution in [2.45, 2.75) is 51.4 Å². The van der Waals surface area contributed by atoms with Crippen LogP contribution >= 0.6 is 15.9 Å². The van der Waals surface area contributed by atoms with Gasteiger partial charge in [-0.25, -0.2) is 4.98 Å². The molecule has 4 heteroatoms. The first-order valence-electron chi connectivity index (χ1n) is 6.25. The van der Waals surface area contributed by atoms with E-state index in [1.54, 1.807) is 6.20 Å². The molecule has 0 saturated heterocycles. The lowest BCUT2D eigenvalue weighted by Crippen LogP contribution is -2.36. The Morgan fingerprint density at radius 3 is 2.33 bits per heavy atom. The van der Waals surface area contributed by atoms with Gasteiger partial charge >= 0.3 is 0 Å². The first-order chi connectivity index (χ1) is 8.28. The lowest BCUT2D eigenvalue weighted by molar-refractivity contribution is 0.101. The Balaban J connectivity index is 2.58. The summed E-state index contributed by atoms with van der Waals surface area (Å²) in [5.74, 6) is -0.00974. The van der Waals surface area contributed by atoms with E-state index in [0.29, 0.717) is 11.0 Å². The van der Waals surface area contributed by atoms with Gasteiger partial charge < -0.3 is 0 Å². The summed E-state index contributed by atoms with van der Waals surface area (Å²) < 4.78 is 0. The van der Waals surface area contributed by atoms with E-state index < -0.39 is 0 Å². The maximum atomic E-state index is 11.7. The third-order valence-corrected chi connectivity index (χ3v) is 4.35. The molecule has 0 atom stereocenters. The van der Waals surface area contributed by atoms with Crippen LogP contribution in [0.1, 0.15) is 62.4 Å². The quantitative estimate of drug-likeness (QED) is 0.621. The fourth-order valence-corrected chi connectivity index (χ4v) is 2.71. The van der Waals surface area contributed by atoms with Crippen LogP contribution in [0.3, 0.4) is 0 Å². The standard InChI is InChI=1S/C14H19BrN2O/c1-13(2)5-6-14(3,4)12-11(13)16-8-9(17-12)10(18)7-15/h8H,5-7H2,1-4H3. The van der Waals surface area contributed by atoms with Crippen LogP contribution in [-0.4, -0.2) is 21.1 Å². The maximum Gasteiger partial charge on any atom is 0.193 e. The Kier molecular flexibility index (Phi) is 3.34. The van der Waals surface area contributed by atoms with Crippen molar-refractivity contribution >= 4 is 21.7 Å². The Hall–Kier alpha value is -0.770. The van der Waals surface area contributed by atoms with E-state index in [2.05, 4.69) is 53.6 Å². The first-order valence-corrected chi connectivity index (χ1v) is 7.37. The molecule has 0 fully saturated rings. The molecule has 1 heterocycles. The van der Waals surface area contributed by atoms with Gasteiger partial charge in [0.05, 0.1) is 22.9 Å². The van der Waals surface area contributed by atoms with Crippen molar-refractivity contribution < 1.29 is 4.79 Å². The van der Waals surface area contributed by atoms with Crippen LogP contribution in [0.15, 0.2) is 6.20 Å². The second kappa shape index (κ2) is 4.41. The lowest BCUT2D eigenvalue weighted by Gasteiger charge is -2.39. The number of rotatable bonds is 2. The minimum Gasteiger partial charge on any atom is -0.291 e. The zero-order valence-corrected chi connectivity index (χ0v) is 13.0. The molecular weight excluding hydrogens is 292 g/mol. The molecule has 0 bridgehead atoms. The zero-order chi connectivity index (χ0) is 13.6. The number of nitrogens with zero attached hydrogens (tertiary/aromatic N) is 2. The van der Waals surface area contributed by atoms with Crippen molar-refractivity contribution in [3.8, 4) is 0 Å². The van der Waals surface area contributed by atoms with Gasteiger partial charge in [-0.3, -0.25) is 9.78 Å². The summed E-state index contributed by atoms with van der Waals surface area (Å²) in [6, 6.07) is 0. The average molecular weight is 311 g/mol. The van der Waals surface area contributed by atoms with Crippen LogP contribution in [0.2, 0.25) is 0 Å². The fourth-order valence-electron chi connectivity index (χ4n) is 2.42. The van der Waals surface area contributed by atoms with Crippen molar-refractivity contribution in [3.05, 3.63) is 23.3 Å². The highest BCUT2D eigenvalue weighted by molar-refractivity contribution is 9.09.